The highest BCUT2D eigenvalue weighted by atomic mass is 35.5. The van der Waals surface area contributed by atoms with Crippen molar-refractivity contribution in [2.24, 2.45) is 5.92 Å². The zero-order valence-corrected chi connectivity index (χ0v) is 13.4. The van der Waals surface area contributed by atoms with Crippen molar-refractivity contribution in [1.29, 1.82) is 0 Å². The van der Waals surface area contributed by atoms with Gasteiger partial charge >= 0.3 is 0 Å². The summed E-state index contributed by atoms with van der Waals surface area (Å²) in [5, 5.41) is 4.84. The van der Waals surface area contributed by atoms with Gasteiger partial charge in [0, 0.05) is 13.1 Å². The topological polar surface area (TPSA) is 58.6 Å². The van der Waals surface area contributed by atoms with Gasteiger partial charge in [-0.1, -0.05) is 0 Å². The number of ether oxygens (including phenoxy) is 1. The second-order valence-electron chi connectivity index (χ2n) is 4.35. The van der Waals surface area contributed by atoms with Gasteiger partial charge in [0.2, 0.25) is 0 Å². The molecular formula is C11H19ClN2O3S2. The Labute approximate surface area is 124 Å². The van der Waals surface area contributed by atoms with E-state index in [0.717, 1.165) is 13.0 Å². The lowest BCUT2D eigenvalue weighted by Crippen LogP contribution is -2.30. The van der Waals surface area contributed by atoms with Crippen molar-refractivity contribution in [3.05, 3.63) is 11.4 Å². The van der Waals surface area contributed by atoms with Gasteiger partial charge in [-0.05, 0) is 37.4 Å². The summed E-state index contributed by atoms with van der Waals surface area (Å²) in [6.45, 7) is 2.04. The van der Waals surface area contributed by atoms with Gasteiger partial charge in [-0.2, -0.15) is 4.31 Å². The van der Waals surface area contributed by atoms with Gasteiger partial charge in [-0.25, -0.2) is 8.42 Å². The van der Waals surface area contributed by atoms with Crippen LogP contribution >= 0.6 is 23.7 Å². The first kappa shape index (κ1) is 16.7. The van der Waals surface area contributed by atoms with Crippen molar-refractivity contribution < 1.29 is 13.2 Å². The van der Waals surface area contributed by atoms with Crippen LogP contribution in [0.25, 0.3) is 0 Å². The molecule has 0 amide bonds. The quantitative estimate of drug-likeness (QED) is 0.889. The van der Waals surface area contributed by atoms with E-state index in [1.54, 1.807) is 15.8 Å². The molecular weight excluding hydrogens is 308 g/mol. The molecule has 19 heavy (non-hydrogen) atoms. The molecule has 1 aliphatic rings. The van der Waals surface area contributed by atoms with Crippen molar-refractivity contribution in [3.8, 4) is 5.75 Å². The molecule has 1 atom stereocenters. The van der Waals surface area contributed by atoms with Gasteiger partial charge in [-0.15, -0.1) is 23.7 Å². The maximum absolute atomic E-state index is 12.5. The smallest absolute Gasteiger partial charge is 0.256 e. The summed E-state index contributed by atoms with van der Waals surface area (Å²) in [5.74, 6) is 0.841. The van der Waals surface area contributed by atoms with Crippen molar-refractivity contribution in [1.82, 2.24) is 9.62 Å². The third kappa shape index (κ3) is 3.41. The Balaban J connectivity index is 0.00000180. The first-order chi connectivity index (χ1) is 8.59. The minimum atomic E-state index is -3.39. The zero-order valence-electron chi connectivity index (χ0n) is 11.0. The summed E-state index contributed by atoms with van der Waals surface area (Å²) >= 11 is 1.21. The second kappa shape index (κ2) is 6.90. The molecule has 1 aromatic heterocycles. The van der Waals surface area contributed by atoms with E-state index in [0.29, 0.717) is 29.0 Å². The van der Waals surface area contributed by atoms with Crippen LogP contribution in [0.2, 0.25) is 0 Å². The van der Waals surface area contributed by atoms with Crippen molar-refractivity contribution in [2.45, 2.75) is 10.6 Å². The summed E-state index contributed by atoms with van der Waals surface area (Å²) in [7, 11) is -0.00703. The van der Waals surface area contributed by atoms with E-state index in [9.17, 15) is 8.42 Å². The van der Waals surface area contributed by atoms with Gasteiger partial charge < -0.3 is 10.1 Å². The van der Waals surface area contributed by atoms with Gasteiger partial charge in [0.05, 0.1) is 7.11 Å². The fraction of sp³-hybridized carbons (Fsp3) is 0.636. The Morgan fingerprint density at radius 2 is 2.32 bits per heavy atom. The van der Waals surface area contributed by atoms with E-state index >= 15 is 0 Å². The van der Waals surface area contributed by atoms with Gasteiger partial charge in [0.25, 0.3) is 10.0 Å². The molecule has 2 rings (SSSR count). The molecule has 0 aliphatic carbocycles. The Morgan fingerprint density at radius 3 is 2.95 bits per heavy atom. The molecule has 0 bridgehead atoms. The molecule has 1 saturated heterocycles. The molecule has 110 valence electrons. The standard InChI is InChI=1S/C11H18N2O3S2.ClH/c1-12-7-9-3-5-13(8-9)18(14,15)11-10(16-2)4-6-17-11;/h4,6,9,12H,3,5,7-8H2,1-2H3;1H. The highest BCUT2D eigenvalue weighted by Crippen LogP contribution is 2.34. The van der Waals surface area contributed by atoms with Crippen LogP contribution in [0.4, 0.5) is 0 Å². The SMILES string of the molecule is CNCC1CCN(S(=O)(=O)c2sccc2OC)C1.Cl. The number of nitrogens with zero attached hydrogens (tertiary/aromatic N) is 1. The number of rotatable bonds is 5. The molecule has 1 fully saturated rings. The molecule has 1 aliphatic heterocycles. The summed E-state index contributed by atoms with van der Waals surface area (Å²) in [5.41, 5.74) is 0. The number of thiophene rings is 1. The van der Waals surface area contributed by atoms with Gasteiger partial charge in [0.15, 0.2) is 4.21 Å². The Hall–Kier alpha value is -0.340. The molecule has 0 spiro atoms. The number of methoxy groups -OCH3 is 1. The lowest BCUT2D eigenvalue weighted by Gasteiger charge is -2.16. The normalized spacial score (nSPS) is 20.2. The van der Waals surface area contributed by atoms with Crippen LogP contribution in [0.1, 0.15) is 6.42 Å². The highest BCUT2D eigenvalue weighted by molar-refractivity contribution is 7.91. The van der Waals surface area contributed by atoms with E-state index in [2.05, 4.69) is 5.32 Å². The average Bonchev–Trinajstić information content (AvgIpc) is 2.97. The largest absolute Gasteiger partial charge is 0.494 e. The highest BCUT2D eigenvalue weighted by Gasteiger charge is 2.34. The fourth-order valence-corrected chi connectivity index (χ4v) is 5.16. The molecule has 1 unspecified atom stereocenters. The van der Waals surface area contributed by atoms with E-state index in [1.165, 1.54) is 18.4 Å². The molecule has 0 saturated carbocycles. The zero-order chi connectivity index (χ0) is 13.2. The number of nitrogens with one attached hydrogen (secondary N) is 1. The van der Waals surface area contributed by atoms with E-state index in [-0.39, 0.29) is 12.4 Å². The van der Waals surface area contributed by atoms with Gasteiger partial charge in [-0.3, -0.25) is 0 Å². The van der Waals surface area contributed by atoms with E-state index in [4.69, 9.17) is 4.74 Å². The molecule has 2 heterocycles. The molecule has 8 heteroatoms. The van der Waals surface area contributed by atoms with Crippen LogP contribution in [0.15, 0.2) is 15.7 Å². The minimum absolute atomic E-state index is 0. The molecule has 5 nitrogen and oxygen atoms in total. The van der Waals surface area contributed by atoms with Crippen molar-refractivity contribution in [2.75, 3.05) is 33.8 Å². The lowest BCUT2D eigenvalue weighted by molar-refractivity contribution is 0.401. The maximum atomic E-state index is 12.5. The van der Waals surface area contributed by atoms with Crippen LogP contribution in [-0.2, 0) is 10.0 Å². The van der Waals surface area contributed by atoms with Crippen LogP contribution < -0.4 is 10.1 Å². The molecule has 0 radical (unpaired) electrons. The van der Waals surface area contributed by atoms with Crippen LogP contribution in [0, 0.1) is 5.92 Å². The molecule has 1 N–H and O–H groups in total. The summed E-state index contributed by atoms with van der Waals surface area (Å²) in [4.78, 5) is 0. The Morgan fingerprint density at radius 1 is 1.58 bits per heavy atom. The number of hydrogen-bond donors (Lipinski definition) is 1. The summed E-state index contributed by atoms with van der Waals surface area (Å²) in [6, 6.07) is 1.69. The third-order valence-corrected chi connectivity index (χ3v) is 6.42. The Kier molecular flexibility index (Phi) is 6.07. The average molecular weight is 327 g/mol. The lowest BCUT2D eigenvalue weighted by atomic mass is 10.1. The van der Waals surface area contributed by atoms with Crippen molar-refractivity contribution in [3.63, 3.8) is 0 Å². The molecule has 1 aromatic rings. The predicted molar refractivity (Wildman–Crippen MR) is 78.9 cm³/mol. The maximum Gasteiger partial charge on any atom is 0.256 e. The van der Waals surface area contributed by atoms with Crippen LogP contribution in [0.5, 0.6) is 5.75 Å². The summed E-state index contributed by atoms with van der Waals surface area (Å²) < 4.78 is 31.9. The second-order valence-corrected chi connectivity index (χ2v) is 7.40. The van der Waals surface area contributed by atoms with E-state index < -0.39 is 10.0 Å². The van der Waals surface area contributed by atoms with E-state index in [1.807, 2.05) is 7.05 Å². The monoisotopic (exact) mass is 326 g/mol. The first-order valence-electron chi connectivity index (χ1n) is 5.85. The van der Waals surface area contributed by atoms with Crippen molar-refractivity contribution >= 4 is 33.8 Å². The Bertz CT molecular complexity index is 504. The summed E-state index contributed by atoms with van der Waals surface area (Å²) in [6.07, 6.45) is 0.910. The number of sulfonamides is 1. The third-order valence-electron chi connectivity index (χ3n) is 3.13. The number of halogens is 1. The minimum Gasteiger partial charge on any atom is -0.494 e. The first-order valence-corrected chi connectivity index (χ1v) is 8.17. The van der Waals surface area contributed by atoms with Gasteiger partial charge in [0.1, 0.15) is 5.75 Å². The fourth-order valence-electron chi connectivity index (χ4n) is 2.21. The molecule has 0 aromatic carbocycles. The predicted octanol–water partition coefficient (Wildman–Crippen LogP) is 1.41. The van der Waals surface area contributed by atoms with Crippen LogP contribution in [-0.4, -0.2) is 46.5 Å². The number of hydrogen-bond acceptors (Lipinski definition) is 5. The van der Waals surface area contributed by atoms with Crippen LogP contribution in [0.3, 0.4) is 0 Å².